The van der Waals surface area contributed by atoms with Crippen LogP contribution in [0.1, 0.15) is 37.8 Å². The van der Waals surface area contributed by atoms with E-state index in [0.29, 0.717) is 5.75 Å². The summed E-state index contributed by atoms with van der Waals surface area (Å²) in [6, 6.07) is 5.61. The fraction of sp³-hybridized carbons (Fsp3) is 0.500. The van der Waals surface area contributed by atoms with Crippen molar-refractivity contribution in [2.24, 2.45) is 0 Å². The average Bonchev–Trinajstić information content (AvgIpc) is 2.21. The summed E-state index contributed by atoms with van der Waals surface area (Å²) in [4.78, 5) is 17.9. The minimum absolute atomic E-state index is 0.365. The third-order valence-electron chi connectivity index (χ3n) is 2.43. The van der Waals surface area contributed by atoms with Gasteiger partial charge in [0.2, 0.25) is 0 Å². The molecule has 0 spiro atoms. The van der Waals surface area contributed by atoms with E-state index in [1.54, 1.807) is 0 Å². The monoisotopic (exact) mass is 258 g/mol. The summed E-state index contributed by atoms with van der Waals surface area (Å²) in [5, 5.41) is 0. The van der Waals surface area contributed by atoms with Crippen LogP contribution >= 0.6 is 7.82 Å². The second kappa shape index (κ2) is 6.20. The van der Waals surface area contributed by atoms with Crippen molar-refractivity contribution in [1.29, 1.82) is 0 Å². The molecule has 0 fully saturated rings. The maximum Gasteiger partial charge on any atom is 0.524 e. The zero-order valence-corrected chi connectivity index (χ0v) is 11.1. The lowest BCUT2D eigenvalue weighted by Crippen LogP contribution is -2.00. The number of phosphoric ester groups is 1. The highest BCUT2D eigenvalue weighted by molar-refractivity contribution is 7.46. The van der Waals surface area contributed by atoms with Crippen molar-refractivity contribution in [2.75, 3.05) is 0 Å². The van der Waals surface area contributed by atoms with Crippen molar-refractivity contribution in [3.05, 3.63) is 29.3 Å². The van der Waals surface area contributed by atoms with E-state index in [0.717, 1.165) is 36.8 Å². The van der Waals surface area contributed by atoms with E-state index in [1.165, 1.54) is 0 Å². The van der Waals surface area contributed by atoms with Crippen molar-refractivity contribution in [2.45, 2.75) is 39.5 Å². The molecule has 0 aromatic heterocycles. The normalized spacial score (nSPS) is 11.5. The second-order valence-corrected chi connectivity index (χ2v) is 5.15. The molecule has 0 saturated carbocycles. The Labute approximate surface area is 102 Å². The molecule has 0 aliphatic rings. The number of aryl methyl sites for hydroxylation is 2. The van der Waals surface area contributed by atoms with Gasteiger partial charge in [-0.2, -0.15) is 0 Å². The van der Waals surface area contributed by atoms with Crippen LogP contribution in [0.2, 0.25) is 0 Å². The van der Waals surface area contributed by atoms with Gasteiger partial charge in [-0.3, -0.25) is 9.79 Å². The summed E-state index contributed by atoms with van der Waals surface area (Å²) in [7, 11) is -4.49. The maximum atomic E-state index is 11.0. The molecule has 17 heavy (non-hydrogen) atoms. The molecule has 0 amide bonds. The average molecular weight is 258 g/mol. The zero-order valence-electron chi connectivity index (χ0n) is 10.2. The van der Waals surface area contributed by atoms with Crippen LogP contribution in [-0.4, -0.2) is 9.79 Å². The first kappa shape index (κ1) is 14.2. The molecule has 0 saturated heterocycles. The van der Waals surface area contributed by atoms with Crippen molar-refractivity contribution in [1.82, 2.24) is 0 Å². The molecular formula is C12H19O4P. The summed E-state index contributed by atoms with van der Waals surface area (Å²) < 4.78 is 15.8. The second-order valence-electron chi connectivity index (χ2n) is 3.99. The fourth-order valence-corrected chi connectivity index (χ4v) is 2.28. The number of phosphoric acid groups is 1. The minimum Gasteiger partial charge on any atom is -0.404 e. The number of para-hydroxylation sites is 1. The van der Waals surface area contributed by atoms with Crippen LogP contribution in [-0.2, 0) is 17.4 Å². The van der Waals surface area contributed by atoms with Gasteiger partial charge in [0.1, 0.15) is 5.75 Å². The van der Waals surface area contributed by atoms with E-state index < -0.39 is 7.82 Å². The first-order valence-electron chi connectivity index (χ1n) is 5.83. The first-order chi connectivity index (χ1) is 7.98. The maximum absolute atomic E-state index is 11.0. The lowest BCUT2D eigenvalue weighted by molar-refractivity contribution is 0.281. The Morgan fingerprint density at radius 2 is 1.59 bits per heavy atom. The third kappa shape index (κ3) is 4.50. The molecule has 96 valence electrons. The van der Waals surface area contributed by atoms with E-state index in [-0.39, 0.29) is 0 Å². The number of hydrogen-bond acceptors (Lipinski definition) is 2. The minimum atomic E-state index is -4.49. The van der Waals surface area contributed by atoms with E-state index >= 15 is 0 Å². The Kier molecular flexibility index (Phi) is 5.19. The smallest absolute Gasteiger partial charge is 0.404 e. The summed E-state index contributed by atoms with van der Waals surface area (Å²) in [6.45, 7) is 4.04. The van der Waals surface area contributed by atoms with Gasteiger partial charge >= 0.3 is 7.82 Å². The van der Waals surface area contributed by atoms with Gasteiger partial charge in [0, 0.05) is 0 Å². The van der Waals surface area contributed by atoms with Gasteiger partial charge in [-0.05, 0) is 24.0 Å². The SMILES string of the molecule is CCCc1cccc(CCC)c1OP(=O)(O)O. The molecule has 2 N–H and O–H groups in total. The predicted octanol–water partition coefficient (Wildman–Crippen LogP) is 3.06. The Morgan fingerprint density at radius 1 is 1.12 bits per heavy atom. The van der Waals surface area contributed by atoms with Crippen LogP contribution in [0.15, 0.2) is 18.2 Å². The topological polar surface area (TPSA) is 66.8 Å². The standard InChI is InChI=1S/C12H19O4P/c1-3-6-10-8-5-9-11(7-4-2)12(10)16-17(13,14)15/h5,8-9H,3-4,6-7H2,1-2H3,(H2,13,14,15). The first-order valence-corrected chi connectivity index (χ1v) is 7.36. The molecular weight excluding hydrogens is 239 g/mol. The number of rotatable bonds is 6. The molecule has 0 unspecified atom stereocenters. The molecule has 1 aromatic rings. The molecule has 0 heterocycles. The fourth-order valence-electron chi connectivity index (χ4n) is 1.81. The molecule has 1 aromatic carbocycles. The highest BCUT2D eigenvalue weighted by atomic mass is 31.2. The van der Waals surface area contributed by atoms with Crippen molar-refractivity contribution < 1.29 is 18.9 Å². The zero-order chi connectivity index (χ0) is 12.9. The molecule has 5 heteroatoms. The molecule has 4 nitrogen and oxygen atoms in total. The molecule has 1 rings (SSSR count). The molecule has 0 aliphatic carbocycles. The van der Waals surface area contributed by atoms with E-state index in [1.807, 2.05) is 32.0 Å². The lowest BCUT2D eigenvalue weighted by Gasteiger charge is -2.15. The third-order valence-corrected chi connectivity index (χ3v) is 2.85. The molecule has 0 aliphatic heterocycles. The summed E-state index contributed by atoms with van der Waals surface area (Å²) in [5.74, 6) is 0.365. The highest BCUT2D eigenvalue weighted by Crippen LogP contribution is 2.41. The molecule has 0 radical (unpaired) electrons. The summed E-state index contributed by atoms with van der Waals surface area (Å²) in [5.41, 5.74) is 1.73. The van der Waals surface area contributed by atoms with Crippen LogP contribution in [0, 0.1) is 0 Å². The molecule has 0 atom stereocenters. The Morgan fingerprint density at radius 3 is 1.94 bits per heavy atom. The van der Waals surface area contributed by atoms with Gasteiger partial charge in [-0.25, -0.2) is 4.57 Å². The Bertz CT molecular complexity index is 387. The van der Waals surface area contributed by atoms with Gasteiger partial charge in [0.05, 0.1) is 0 Å². The van der Waals surface area contributed by atoms with Crippen molar-refractivity contribution in [3.8, 4) is 5.75 Å². The van der Waals surface area contributed by atoms with Crippen LogP contribution < -0.4 is 4.52 Å². The van der Waals surface area contributed by atoms with Gasteiger partial charge in [-0.1, -0.05) is 44.9 Å². The van der Waals surface area contributed by atoms with Gasteiger partial charge < -0.3 is 4.52 Å². The van der Waals surface area contributed by atoms with E-state index in [4.69, 9.17) is 14.3 Å². The quantitative estimate of drug-likeness (QED) is 0.769. The van der Waals surface area contributed by atoms with Gasteiger partial charge in [0.25, 0.3) is 0 Å². The van der Waals surface area contributed by atoms with Crippen LogP contribution in [0.5, 0.6) is 5.75 Å². The predicted molar refractivity (Wildman–Crippen MR) is 67.1 cm³/mol. The van der Waals surface area contributed by atoms with Crippen LogP contribution in [0.25, 0.3) is 0 Å². The van der Waals surface area contributed by atoms with E-state index in [9.17, 15) is 4.57 Å². The van der Waals surface area contributed by atoms with Gasteiger partial charge in [-0.15, -0.1) is 0 Å². The van der Waals surface area contributed by atoms with Crippen LogP contribution in [0.4, 0.5) is 0 Å². The highest BCUT2D eigenvalue weighted by Gasteiger charge is 2.20. The van der Waals surface area contributed by atoms with E-state index in [2.05, 4.69) is 0 Å². The Balaban J connectivity index is 3.13. The van der Waals surface area contributed by atoms with Gasteiger partial charge in [0.15, 0.2) is 0 Å². The number of hydrogen-bond donors (Lipinski definition) is 2. The van der Waals surface area contributed by atoms with Crippen LogP contribution in [0.3, 0.4) is 0 Å². The summed E-state index contributed by atoms with van der Waals surface area (Å²) >= 11 is 0. The Hall–Kier alpha value is -0.830. The van der Waals surface area contributed by atoms with Crippen molar-refractivity contribution >= 4 is 7.82 Å². The van der Waals surface area contributed by atoms with Crippen molar-refractivity contribution in [3.63, 3.8) is 0 Å². The molecule has 0 bridgehead atoms. The number of benzene rings is 1. The lowest BCUT2D eigenvalue weighted by atomic mass is 10.0. The summed E-state index contributed by atoms with van der Waals surface area (Å²) in [6.07, 6.45) is 3.33. The largest absolute Gasteiger partial charge is 0.524 e.